The van der Waals surface area contributed by atoms with Crippen LogP contribution in [0, 0.1) is 5.92 Å². The summed E-state index contributed by atoms with van der Waals surface area (Å²) in [6.07, 6.45) is -1.22. The molecule has 0 aliphatic carbocycles. The fourth-order valence-electron chi connectivity index (χ4n) is 5.18. The van der Waals surface area contributed by atoms with Crippen LogP contribution in [0.25, 0.3) is 11.3 Å². The van der Waals surface area contributed by atoms with Crippen molar-refractivity contribution in [3.8, 4) is 17.0 Å². The zero-order valence-electron chi connectivity index (χ0n) is 17.7. The molecule has 9 nitrogen and oxygen atoms in total. The fourth-order valence-corrected chi connectivity index (χ4v) is 5.18. The van der Waals surface area contributed by atoms with E-state index in [4.69, 9.17) is 25.2 Å². The van der Waals surface area contributed by atoms with Gasteiger partial charge in [-0.05, 0) is 18.9 Å². The quantitative estimate of drug-likeness (QED) is 0.730. The Kier molecular flexibility index (Phi) is 4.77. The summed E-state index contributed by atoms with van der Waals surface area (Å²) in [5.74, 6) is 0.781. The first-order valence-corrected chi connectivity index (χ1v) is 11.0. The molecule has 0 spiro atoms. The molecule has 176 valence electrons. The van der Waals surface area contributed by atoms with Crippen molar-refractivity contribution >= 4 is 17.6 Å². The molecule has 6 heterocycles. The Morgan fingerprint density at radius 2 is 2.00 bits per heavy atom. The molecule has 12 heteroatoms. The summed E-state index contributed by atoms with van der Waals surface area (Å²) >= 11 is 0. The van der Waals surface area contributed by atoms with E-state index in [0.29, 0.717) is 36.3 Å². The van der Waals surface area contributed by atoms with E-state index >= 15 is 0 Å². The topological polar surface area (TPSA) is 98.9 Å². The molecule has 0 saturated carbocycles. The minimum absolute atomic E-state index is 0.155. The normalized spacial score (nSPS) is 28.6. The first-order valence-electron chi connectivity index (χ1n) is 11.0. The highest BCUT2D eigenvalue weighted by atomic mass is 19.4. The summed E-state index contributed by atoms with van der Waals surface area (Å²) in [5, 5.41) is 0. The number of alkyl halides is 3. The molecular formula is C21H23F3N6O3. The maximum absolute atomic E-state index is 12.8. The van der Waals surface area contributed by atoms with Gasteiger partial charge in [0.2, 0.25) is 5.95 Å². The van der Waals surface area contributed by atoms with Gasteiger partial charge in [0.25, 0.3) is 0 Å². The Hall–Kier alpha value is -2.86. The van der Waals surface area contributed by atoms with Crippen molar-refractivity contribution in [2.24, 2.45) is 5.92 Å². The van der Waals surface area contributed by atoms with Crippen molar-refractivity contribution in [1.82, 2.24) is 15.0 Å². The Labute approximate surface area is 187 Å². The van der Waals surface area contributed by atoms with Crippen LogP contribution in [0.4, 0.5) is 30.8 Å². The third-order valence-electron chi connectivity index (χ3n) is 6.78. The van der Waals surface area contributed by atoms with Gasteiger partial charge >= 0.3 is 6.36 Å². The molecule has 0 radical (unpaired) electrons. The van der Waals surface area contributed by atoms with Gasteiger partial charge in [-0.1, -0.05) is 0 Å². The number of hydrogen-bond donors (Lipinski definition) is 1. The number of nitrogen functional groups attached to an aromatic ring is 1. The number of hydrogen-bond acceptors (Lipinski definition) is 9. The van der Waals surface area contributed by atoms with Crippen LogP contribution in [-0.2, 0) is 9.47 Å². The number of morpholine rings is 1. The molecule has 0 aromatic carbocycles. The minimum Gasteiger partial charge on any atom is -0.402 e. The Morgan fingerprint density at radius 1 is 1.12 bits per heavy atom. The summed E-state index contributed by atoms with van der Waals surface area (Å²) in [4.78, 5) is 17.7. The molecule has 2 aromatic rings. The van der Waals surface area contributed by atoms with Crippen LogP contribution in [0.3, 0.4) is 0 Å². The first kappa shape index (κ1) is 20.7. The monoisotopic (exact) mass is 464 g/mol. The number of anilines is 3. The van der Waals surface area contributed by atoms with E-state index in [1.165, 1.54) is 12.3 Å². The van der Waals surface area contributed by atoms with Crippen molar-refractivity contribution in [3.05, 3.63) is 18.3 Å². The van der Waals surface area contributed by atoms with E-state index in [1.807, 2.05) is 0 Å². The summed E-state index contributed by atoms with van der Waals surface area (Å²) in [5.41, 5.74) is 6.43. The molecule has 4 aliphatic heterocycles. The second-order valence-corrected chi connectivity index (χ2v) is 8.93. The first-order chi connectivity index (χ1) is 15.8. The van der Waals surface area contributed by atoms with Gasteiger partial charge in [0, 0.05) is 50.0 Å². The van der Waals surface area contributed by atoms with Crippen molar-refractivity contribution in [2.45, 2.75) is 37.5 Å². The summed E-state index contributed by atoms with van der Waals surface area (Å²) in [6.45, 7) is 3.59. The number of fused-ring (bicyclic) bond motifs is 3. The van der Waals surface area contributed by atoms with Crippen LogP contribution in [0.1, 0.15) is 12.8 Å². The van der Waals surface area contributed by atoms with Gasteiger partial charge in [-0.25, -0.2) is 9.97 Å². The van der Waals surface area contributed by atoms with E-state index in [2.05, 4.69) is 19.5 Å². The third kappa shape index (κ3) is 3.90. The molecule has 4 aliphatic rings. The van der Waals surface area contributed by atoms with Crippen LogP contribution in [0.15, 0.2) is 18.3 Å². The van der Waals surface area contributed by atoms with Crippen LogP contribution in [-0.4, -0.2) is 72.4 Å². The second-order valence-electron chi connectivity index (χ2n) is 8.93. The molecular weight excluding hydrogens is 441 g/mol. The predicted octanol–water partition coefficient (Wildman–Crippen LogP) is 2.22. The van der Waals surface area contributed by atoms with Gasteiger partial charge in [0.05, 0.1) is 30.6 Å². The molecule has 6 rings (SSSR count). The second kappa shape index (κ2) is 7.59. The number of nitrogens with zero attached hydrogens (tertiary/aromatic N) is 5. The van der Waals surface area contributed by atoms with Gasteiger partial charge in [0.1, 0.15) is 5.82 Å². The maximum atomic E-state index is 12.8. The van der Waals surface area contributed by atoms with Crippen LogP contribution >= 0.6 is 0 Å². The van der Waals surface area contributed by atoms with Crippen molar-refractivity contribution in [3.63, 3.8) is 0 Å². The number of nitrogens with two attached hydrogens (primary N) is 1. The van der Waals surface area contributed by atoms with Crippen LogP contribution in [0.5, 0.6) is 5.75 Å². The molecule has 0 amide bonds. The van der Waals surface area contributed by atoms with E-state index in [9.17, 15) is 13.2 Å². The standard InChI is InChI=1S/C21H23F3N6O3/c22-21(23,24)33-16-3-12(6-26-19(16)25)15-5-18(30-8-14-4-13(30)10-32-14)28-20(27-15)29-7-11-1-2-31-17(11)9-29/h3,5-6,11,13-14,17H,1-2,4,7-10H2,(H2,25,26). The van der Waals surface area contributed by atoms with Gasteiger partial charge in [-0.15, -0.1) is 13.2 Å². The number of halogens is 3. The van der Waals surface area contributed by atoms with Crippen LogP contribution < -0.4 is 20.3 Å². The van der Waals surface area contributed by atoms with E-state index < -0.39 is 12.1 Å². The van der Waals surface area contributed by atoms with Gasteiger partial charge in [0.15, 0.2) is 11.6 Å². The molecule has 2 aromatic heterocycles. The molecule has 4 fully saturated rings. The predicted molar refractivity (Wildman–Crippen MR) is 112 cm³/mol. The lowest BCUT2D eigenvalue weighted by Crippen LogP contribution is -2.38. The molecule has 4 atom stereocenters. The van der Waals surface area contributed by atoms with Gasteiger partial charge in [-0.3, -0.25) is 0 Å². The fraction of sp³-hybridized carbons (Fsp3) is 0.571. The SMILES string of the molecule is Nc1ncc(-c2cc(N3CC4CC3CO4)nc(N3CC4CCOC4C3)n2)cc1OC(F)(F)F. The summed E-state index contributed by atoms with van der Waals surface area (Å²) in [6, 6.07) is 3.22. The highest BCUT2D eigenvalue weighted by Crippen LogP contribution is 2.37. The number of aromatic nitrogens is 3. The third-order valence-corrected chi connectivity index (χ3v) is 6.78. The molecule has 4 unspecified atom stereocenters. The van der Waals surface area contributed by atoms with Gasteiger partial charge < -0.3 is 29.7 Å². The van der Waals surface area contributed by atoms with Crippen molar-refractivity contribution in [1.29, 1.82) is 0 Å². The molecule has 2 N–H and O–H groups in total. The lowest BCUT2D eigenvalue weighted by Gasteiger charge is -2.29. The summed E-state index contributed by atoms with van der Waals surface area (Å²) in [7, 11) is 0. The van der Waals surface area contributed by atoms with Gasteiger partial charge in [-0.2, -0.15) is 4.98 Å². The zero-order chi connectivity index (χ0) is 22.7. The minimum atomic E-state index is -4.88. The number of pyridine rings is 1. The Bertz CT molecular complexity index is 1060. The Balaban J connectivity index is 1.38. The van der Waals surface area contributed by atoms with E-state index in [0.717, 1.165) is 38.4 Å². The van der Waals surface area contributed by atoms with E-state index in [1.54, 1.807) is 6.07 Å². The number of ether oxygens (including phenoxy) is 3. The smallest absolute Gasteiger partial charge is 0.402 e. The van der Waals surface area contributed by atoms with Crippen molar-refractivity contribution in [2.75, 3.05) is 48.4 Å². The van der Waals surface area contributed by atoms with Crippen molar-refractivity contribution < 1.29 is 27.4 Å². The Morgan fingerprint density at radius 3 is 2.73 bits per heavy atom. The average molecular weight is 464 g/mol. The lowest BCUT2D eigenvalue weighted by molar-refractivity contribution is -0.274. The lowest BCUT2D eigenvalue weighted by atomic mass is 10.1. The van der Waals surface area contributed by atoms with E-state index in [-0.39, 0.29) is 24.1 Å². The molecule has 4 saturated heterocycles. The summed E-state index contributed by atoms with van der Waals surface area (Å²) < 4.78 is 54.1. The maximum Gasteiger partial charge on any atom is 0.573 e. The largest absolute Gasteiger partial charge is 0.573 e. The molecule has 2 bridgehead atoms. The molecule has 33 heavy (non-hydrogen) atoms. The van der Waals surface area contributed by atoms with Crippen LogP contribution in [0.2, 0.25) is 0 Å². The number of rotatable bonds is 4. The average Bonchev–Trinajstić information content (AvgIpc) is 3.55. The highest BCUT2D eigenvalue weighted by Gasteiger charge is 2.41. The zero-order valence-corrected chi connectivity index (χ0v) is 17.7. The highest BCUT2D eigenvalue weighted by molar-refractivity contribution is 5.68.